The molecule has 2 atom stereocenters. The zero-order valence-corrected chi connectivity index (χ0v) is 22.2. The van der Waals surface area contributed by atoms with E-state index in [9.17, 15) is 14.4 Å². The van der Waals surface area contributed by atoms with Gasteiger partial charge < -0.3 is 21.0 Å². The first-order valence-corrected chi connectivity index (χ1v) is 13.9. The van der Waals surface area contributed by atoms with Gasteiger partial charge in [0.05, 0.1) is 12.1 Å². The van der Waals surface area contributed by atoms with Gasteiger partial charge in [-0.1, -0.05) is 28.1 Å². The molecule has 0 saturated carbocycles. The second kappa shape index (κ2) is 11.2. The monoisotopic (exact) mass is 582 g/mol. The molecule has 5 N–H and O–H groups in total. The molecule has 3 aliphatic rings. The molecule has 2 aromatic heterocycles. The van der Waals surface area contributed by atoms with Crippen molar-refractivity contribution < 1.29 is 24.3 Å². The fourth-order valence-corrected chi connectivity index (χ4v) is 6.67. The summed E-state index contributed by atoms with van der Waals surface area (Å²) in [6.45, 7) is 2.40. The molecule has 0 radical (unpaired) electrons. The average molecular weight is 583 g/mol. The number of likely N-dealkylation sites (tertiary alicyclic amines) is 1. The highest BCUT2D eigenvalue weighted by atomic mass is 35.5. The first-order chi connectivity index (χ1) is 18.3. The Morgan fingerprint density at radius 2 is 2.13 bits per heavy atom. The van der Waals surface area contributed by atoms with Crippen molar-refractivity contribution in [3.8, 4) is 0 Å². The van der Waals surface area contributed by atoms with Crippen LogP contribution in [0.5, 0.6) is 0 Å². The van der Waals surface area contributed by atoms with Crippen LogP contribution in [0.3, 0.4) is 0 Å². The standard InChI is InChI=1S/C20H23ClN10O5S2/c21-15-11(24-20(22)38-15)12(27-36-6-3-10(32)33)17(34)23-13-18(35)31-14(16-25-28-29-26-16)9(8-37-19(13)31)7-30-4-1-2-5-30/h13,19H,1-8H2,(H2,22,24)(H,23,34)(H,32,33)(H,25,26,28,29)/b27-12-/t13-,19-/m1/s1. The molecule has 2 aromatic rings. The van der Waals surface area contributed by atoms with Gasteiger partial charge in [0, 0.05) is 12.3 Å². The van der Waals surface area contributed by atoms with Gasteiger partial charge in [-0.2, -0.15) is 0 Å². The summed E-state index contributed by atoms with van der Waals surface area (Å²) in [6.07, 6.45) is 1.95. The van der Waals surface area contributed by atoms with Gasteiger partial charge in [0.2, 0.25) is 0 Å². The van der Waals surface area contributed by atoms with Crippen molar-refractivity contribution in [3.63, 3.8) is 0 Å². The number of tetrazole rings is 1. The van der Waals surface area contributed by atoms with Gasteiger partial charge in [0.25, 0.3) is 11.8 Å². The third kappa shape index (κ3) is 5.31. The number of aromatic nitrogens is 5. The molecule has 2 saturated heterocycles. The van der Waals surface area contributed by atoms with E-state index in [4.69, 9.17) is 27.3 Å². The number of nitrogen functional groups attached to an aromatic ring is 1. The Balaban J connectivity index is 1.35. The molecule has 15 nitrogen and oxygen atoms in total. The summed E-state index contributed by atoms with van der Waals surface area (Å²) in [5, 5.41) is 29.1. The Morgan fingerprint density at radius 1 is 1.34 bits per heavy atom. The lowest BCUT2D eigenvalue weighted by Crippen LogP contribution is -2.70. The third-order valence-corrected chi connectivity index (χ3v) is 8.54. The molecule has 202 valence electrons. The molecular formula is C20H23ClN10O5S2. The van der Waals surface area contributed by atoms with E-state index >= 15 is 0 Å². The van der Waals surface area contributed by atoms with E-state index in [0.717, 1.165) is 42.8 Å². The zero-order chi connectivity index (χ0) is 26.8. The van der Waals surface area contributed by atoms with Crippen LogP contribution in [0.25, 0.3) is 5.70 Å². The number of thioether (sulfide) groups is 1. The molecule has 0 spiro atoms. The summed E-state index contributed by atoms with van der Waals surface area (Å²) >= 11 is 8.65. The van der Waals surface area contributed by atoms with E-state index in [1.807, 2.05) is 0 Å². The molecule has 2 amide bonds. The maximum atomic E-state index is 13.4. The second-order valence-electron chi connectivity index (χ2n) is 8.64. The number of oxime groups is 1. The number of β-lactam (4-membered cyclic amide) rings is 1. The average Bonchev–Trinajstić information content (AvgIpc) is 3.65. The summed E-state index contributed by atoms with van der Waals surface area (Å²) in [4.78, 5) is 50.4. The Labute approximate surface area is 228 Å². The largest absolute Gasteiger partial charge is 0.481 e. The van der Waals surface area contributed by atoms with E-state index in [1.54, 1.807) is 4.90 Å². The van der Waals surface area contributed by atoms with Gasteiger partial charge in [-0.05, 0) is 41.9 Å². The first-order valence-electron chi connectivity index (χ1n) is 11.6. The molecule has 38 heavy (non-hydrogen) atoms. The number of amides is 2. The highest BCUT2D eigenvalue weighted by Gasteiger charge is 2.54. The number of hydrogen-bond acceptors (Lipinski definition) is 13. The number of hydrogen-bond donors (Lipinski definition) is 4. The van der Waals surface area contributed by atoms with Crippen LogP contribution in [0, 0.1) is 0 Å². The molecule has 5 rings (SSSR count). The van der Waals surface area contributed by atoms with Gasteiger partial charge in [0.15, 0.2) is 16.7 Å². The van der Waals surface area contributed by atoms with Crippen molar-refractivity contribution in [2.24, 2.45) is 5.16 Å². The number of carboxylic acids is 1. The van der Waals surface area contributed by atoms with E-state index < -0.39 is 23.3 Å². The SMILES string of the molecule is Nc1nc(/C(=N/OCCC(=O)O)C(=O)N[C@@H]2C(=O)N3C(c4nnn[nH]4)=C(CN4CCCC4)CS[C@H]23)c(Cl)s1. The van der Waals surface area contributed by atoms with Gasteiger partial charge in [-0.15, -0.1) is 16.9 Å². The van der Waals surface area contributed by atoms with Crippen LogP contribution in [0.2, 0.25) is 4.34 Å². The lowest BCUT2D eigenvalue weighted by molar-refractivity contribution is -0.143. The number of rotatable bonds is 10. The maximum absolute atomic E-state index is 13.4. The van der Waals surface area contributed by atoms with Crippen molar-refractivity contribution in [1.29, 1.82) is 0 Å². The molecule has 18 heteroatoms. The first kappa shape index (κ1) is 26.3. The van der Waals surface area contributed by atoms with Gasteiger partial charge >= 0.3 is 5.97 Å². The number of H-pyrrole nitrogens is 1. The number of anilines is 1. The number of carboxylic acid groups (broad SMARTS) is 1. The smallest absolute Gasteiger partial charge is 0.306 e. The van der Waals surface area contributed by atoms with Crippen molar-refractivity contribution in [2.45, 2.75) is 30.7 Å². The maximum Gasteiger partial charge on any atom is 0.306 e. The second-order valence-corrected chi connectivity index (χ2v) is 11.4. The number of nitrogens with two attached hydrogens (primary N) is 1. The van der Waals surface area contributed by atoms with E-state index in [2.05, 4.69) is 41.0 Å². The number of nitrogens with one attached hydrogen (secondary N) is 2. The number of fused-ring (bicyclic) bond motifs is 1. The van der Waals surface area contributed by atoms with Gasteiger partial charge in [0.1, 0.15) is 28.1 Å². The molecular weight excluding hydrogens is 560 g/mol. The lowest BCUT2D eigenvalue weighted by Gasteiger charge is -2.50. The molecule has 2 fully saturated rings. The van der Waals surface area contributed by atoms with Crippen LogP contribution >= 0.6 is 34.7 Å². The topological polar surface area (TPSA) is 205 Å². The number of aliphatic carboxylic acids is 1. The van der Waals surface area contributed by atoms with Crippen molar-refractivity contribution in [2.75, 3.05) is 37.7 Å². The molecule has 5 heterocycles. The van der Waals surface area contributed by atoms with Gasteiger partial charge in [-0.25, -0.2) is 10.1 Å². The minimum absolute atomic E-state index is 0.0249. The Hall–Kier alpha value is -3.28. The molecule has 0 bridgehead atoms. The van der Waals surface area contributed by atoms with Crippen molar-refractivity contribution >= 4 is 69.0 Å². The normalized spacial score (nSPS) is 21.9. The molecule has 0 unspecified atom stereocenters. The van der Waals surface area contributed by atoms with Crippen LogP contribution in [-0.2, 0) is 19.2 Å². The summed E-state index contributed by atoms with van der Waals surface area (Å²) in [6, 6.07) is -0.870. The predicted molar refractivity (Wildman–Crippen MR) is 138 cm³/mol. The number of carbonyl (C=O) groups is 3. The number of nitrogens with zero attached hydrogens (tertiary/aromatic N) is 7. The van der Waals surface area contributed by atoms with Crippen LogP contribution in [0.4, 0.5) is 5.13 Å². The van der Waals surface area contributed by atoms with Crippen LogP contribution < -0.4 is 11.1 Å². The Morgan fingerprint density at radius 3 is 2.79 bits per heavy atom. The molecule has 3 aliphatic heterocycles. The minimum atomic E-state index is -1.09. The lowest BCUT2D eigenvalue weighted by atomic mass is 10.0. The van der Waals surface area contributed by atoms with Crippen LogP contribution in [-0.4, -0.2) is 107 Å². The fraction of sp³-hybridized carbons (Fsp3) is 0.500. The molecule has 0 aromatic carbocycles. The highest BCUT2D eigenvalue weighted by Crippen LogP contribution is 2.43. The fourth-order valence-electron chi connectivity index (χ4n) is 4.41. The minimum Gasteiger partial charge on any atom is -0.481 e. The number of thiazole rings is 1. The van der Waals surface area contributed by atoms with Crippen molar-refractivity contribution in [3.05, 3.63) is 21.4 Å². The Kier molecular flexibility index (Phi) is 7.78. The van der Waals surface area contributed by atoms with E-state index in [0.29, 0.717) is 23.8 Å². The summed E-state index contributed by atoms with van der Waals surface area (Å²) < 4.78 is 0.0985. The highest BCUT2D eigenvalue weighted by molar-refractivity contribution is 8.00. The quantitative estimate of drug-likeness (QED) is 0.126. The van der Waals surface area contributed by atoms with E-state index in [1.165, 1.54) is 11.8 Å². The number of aromatic amines is 1. The summed E-state index contributed by atoms with van der Waals surface area (Å²) in [5.74, 6) is -1.18. The van der Waals surface area contributed by atoms with Crippen LogP contribution in [0.1, 0.15) is 30.8 Å². The zero-order valence-electron chi connectivity index (χ0n) is 19.8. The predicted octanol–water partition coefficient (Wildman–Crippen LogP) is -0.00580. The van der Waals surface area contributed by atoms with Gasteiger partial charge in [-0.3, -0.25) is 24.2 Å². The Bertz CT molecular complexity index is 1290. The van der Waals surface area contributed by atoms with E-state index in [-0.39, 0.29) is 39.8 Å². The molecule has 0 aliphatic carbocycles. The summed E-state index contributed by atoms with van der Waals surface area (Å²) in [7, 11) is 0. The number of halogens is 1. The third-order valence-electron chi connectivity index (χ3n) is 6.12. The van der Waals surface area contributed by atoms with Crippen molar-refractivity contribution in [1.82, 2.24) is 40.7 Å². The van der Waals surface area contributed by atoms with Crippen LogP contribution in [0.15, 0.2) is 10.7 Å². The summed E-state index contributed by atoms with van der Waals surface area (Å²) in [5.41, 5.74) is 7.04. The number of carbonyl (C=O) groups excluding carboxylic acids is 2.